The van der Waals surface area contributed by atoms with Crippen LogP contribution < -0.4 is 5.73 Å². The van der Waals surface area contributed by atoms with E-state index in [1.807, 2.05) is 0 Å². The molecule has 0 aromatic rings. The lowest BCUT2D eigenvalue weighted by Crippen LogP contribution is -2.39. The molecule has 15 heavy (non-hydrogen) atoms. The van der Waals surface area contributed by atoms with Crippen LogP contribution in [0.25, 0.3) is 0 Å². The van der Waals surface area contributed by atoms with E-state index in [1.165, 1.54) is 19.5 Å². The van der Waals surface area contributed by atoms with Crippen molar-refractivity contribution in [2.45, 2.75) is 19.4 Å². The monoisotopic (exact) mass is 215 g/mol. The van der Waals surface area contributed by atoms with Crippen LogP contribution >= 0.6 is 0 Å². The highest BCUT2D eigenvalue weighted by Crippen LogP contribution is 2.06. The first-order valence-corrected chi connectivity index (χ1v) is 5.93. The van der Waals surface area contributed by atoms with Gasteiger partial charge in [-0.3, -0.25) is 4.90 Å². The van der Waals surface area contributed by atoms with E-state index in [9.17, 15) is 0 Å². The summed E-state index contributed by atoms with van der Waals surface area (Å²) >= 11 is 0. The second kappa shape index (κ2) is 7.17. The molecule has 0 aromatic heterocycles. The van der Waals surface area contributed by atoms with Crippen molar-refractivity contribution < 1.29 is 4.74 Å². The molecule has 1 aliphatic rings. The maximum absolute atomic E-state index is 5.58. The molecule has 1 aliphatic heterocycles. The molecule has 0 aliphatic carbocycles. The van der Waals surface area contributed by atoms with Gasteiger partial charge in [0.05, 0.1) is 6.61 Å². The summed E-state index contributed by atoms with van der Waals surface area (Å²) in [7, 11) is 1.77. The number of nitrogens with zero attached hydrogens (tertiary/aromatic N) is 2. The van der Waals surface area contributed by atoms with E-state index in [0.29, 0.717) is 6.04 Å². The van der Waals surface area contributed by atoms with Gasteiger partial charge in [0.2, 0.25) is 0 Å². The van der Waals surface area contributed by atoms with E-state index in [-0.39, 0.29) is 0 Å². The molecule has 4 nitrogen and oxygen atoms in total. The van der Waals surface area contributed by atoms with Gasteiger partial charge in [0.15, 0.2) is 0 Å². The number of methoxy groups -OCH3 is 1. The molecule has 4 heteroatoms. The summed E-state index contributed by atoms with van der Waals surface area (Å²) in [6.07, 6.45) is 1.24. The van der Waals surface area contributed by atoms with E-state index in [1.54, 1.807) is 7.11 Å². The van der Waals surface area contributed by atoms with Crippen LogP contribution in [0.2, 0.25) is 0 Å². The Bertz CT molecular complexity index is 166. The molecule has 2 N–H and O–H groups in total. The predicted molar refractivity (Wildman–Crippen MR) is 63.0 cm³/mol. The fourth-order valence-corrected chi connectivity index (χ4v) is 2.18. The second-order valence-corrected chi connectivity index (χ2v) is 4.32. The Morgan fingerprint density at radius 3 is 2.73 bits per heavy atom. The second-order valence-electron chi connectivity index (χ2n) is 4.32. The fourth-order valence-electron chi connectivity index (χ4n) is 2.18. The molecule has 1 fully saturated rings. The van der Waals surface area contributed by atoms with Crippen LogP contribution in [0.15, 0.2) is 0 Å². The maximum Gasteiger partial charge on any atom is 0.0615 e. The Hall–Kier alpha value is -0.160. The number of hydrogen-bond acceptors (Lipinski definition) is 4. The van der Waals surface area contributed by atoms with Crippen molar-refractivity contribution >= 4 is 0 Å². The largest absolute Gasteiger partial charge is 0.383 e. The zero-order valence-electron chi connectivity index (χ0n) is 10.1. The summed E-state index contributed by atoms with van der Waals surface area (Å²) in [5.41, 5.74) is 5.58. The number of hydrogen-bond donors (Lipinski definition) is 1. The first kappa shape index (κ1) is 12.9. The molecule has 1 atom stereocenters. The van der Waals surface area contributed by atoms with Gasteiger partial charge in [-0.2, -0.15) is 0 Å². The normalized spacial score (nSPS) is 22.6. The first-order valence-electron chi connectivity index (χ1n) is 5.93. The third-order valence-electron chi connectivity index (χ3n) is 3.10. The summed E-state index contributed by atoms with van der Waals surface area (Å²) in [5, 5.41) is 0. The Kier molecular flexibility index (Phi) is 6.17. The SMILES string of the molecule is COCC(C)N1CCCN(CCN)CC1. The molecule has 0 bridgehead atoms. The Morgan fingerprint density at radius 1 is 1.27 bits per heavy atom. The topological polar surface area (TPSA) is 41.7 Å². The Balaban J connectivity index is 2.31. The molecule has 0 saturated carbocycles. The van der Waals surface area contributed by atoms with Crippen molar-refractivity contribution in [3.63, 3.8) is 0 Å². The number of nitrogens with two attached hydrogens (primary N) is 1. The van der Waals surface area contributed by atoms with Crippen molar-refractivity contribution in [2.75, 3.05) is 53.0 Å². The van der Waals surface area contributed by atoms with E-state index >= 15 is 0 Å². The van der Waals surface area contributed by atoms with Gasteiger partial charge in [-0.1, -0.05) is 0 Å². The van der Waals surface area contributed by atoms with Crippen LogP contribution in [0.3, 0.4) is 0 Å². The molecule has 0 amide bonds. The summed E-state index contributed by atoms with van der Waals surface area (Å²) < 4.78 is 5.20. The van der Waals surface area contributed by atoms with Gasteiger partial charge in [-0.05, 0) is 26.4 Å². The Morgan fingerprint density at radius 2 is 2.07 bits per heavy atom. The third kappa shape index (κ3) is 4.47. The van der Waals surface area contributed by atoms with E-state index in [4.69, 9.17) is 10.5 Å². The molecule has 1 unspecified atom stereocenters. The van der Waals surface area contributed by atoms with Crippen LogP contribution in [-0.2, 0) is 4.74 Å². The molecule has 0 radical (unpaired) electrons. The van der Waals surface area contributed by atoms with Crippen molar-refractivity contribution in [3.8, 4) is 0 Å². The van der Waals surface area contributed by atoms with Gasteiger partial charge in [-0.25, -0.2) is 0 Å². The molecule has 1 saturated heterocycles. The standard InChI is InChI=1S/C11H25N3O/c1-11(10-15-2)14-6-3-5-13(7-4-12)8-9-14/h11H,3-10,12H2,1-2H3. The molecular weight excluding hydrogens is 190 g/mol. The minimum absolute atomic E-state index is 0.535. The molecule has 0 spiro atoms. The van der Waals surface area contributed by atoms with Crippen molar-refractivity contribution in [2.24, 2.45) is 5.73 Å². The molecule has 1 heterocycles. The quantitative estimate of drug-likeness (QED) is 0.700. The van der Waals surface area contributed by atoms with Crippen molar-refractivity contribution in [3.05, 3.63) is 0 Å². The lowest BCUT2D eigenvalue weighted by atomic mass is 10.3. The molecule has 1 rings (SSSR count). The average molecular weight is 215 g/mol. The Labute approximate surface area is 93.4 Å². The van der Waals surface area contributed by atoms with Crippen LogP contribution in [0.4, 0.5) is 0 Å². The van der Waals surface area contributed by atoms with Gasteiger partial charge < -0.3 is 15.4 Å². The third-order valence-corrected chi connectivity index (χ3v) is 3.10. The van der Waals surface area contributed by atoms with E-state index in [0.717, 1.165) is 32.8 Å². The minimum atomic E-state index is 0.535. The van der Waals surface area contributed by atoms with Crippen molar-refractivity contribution in [1.82, 2.24) is 9.80 Å². The lowest BCUT2D eigenvalue weighted by Gasteiger charge is -2.27. The smallest absolute Gasteiger partial charge is 0.0615 e. The highest BCUT2D eigenvalue weighted by Gasteiger charge is 2.18. The van der Waals surface area contributed by atoms with Crippen molar-refractivity contribution in [1.29, 1.82) is 0 Å². The van der Waals surface area contributed by atoms with E-state index in [2.05, 4.69) is 16.7 Å². The zero-order chi connectivity index (χ0) is 11.1. The zero-order valence-corrected chi connectivity index (χ0v) is 10.1. The predicted octanol–water partition coefficient (Wildman–Crippen LogP) is -0.0123. The number of rotatable bonds is 5. The first-order chi connectivity index (χ1) is 7.27. The van der Waals surface area contributed by atoms with Crippen LogP contribution in [0, 0.1) is 0 Å². The maximum atomic E-state index is 5.58. The minimum Gasteiger partial charge on any atom is -0.383 e. The summed E-state index contributed by atoms with van der Waals surface area (Å²) in [6, 6.07) is 0.535. The molecule has 90 valence electrons. The van der Waals surface area contributed by atoms with Gasteiger partial charge in [-0.15, -0.1) is 0 Å². The van der Waals surface area contributed by atoms with Gasteiger partial charge in [0.1, 0.15) is 0 Å². The van der Waals surface area contributed by atoms with Crippen LogP contribution in [0.1, 0.15) is 13.3 Å². The molecular formula is C11H25N3O. The fraction of sp³-hybridized carbons (Fsp3) is 1.00. The average Bonchev–Trinajstić information content (AvgIpc) is 2.44. The summed E-state index contributed by atoms with van der Waals surface area (Å²) in [5.74, 6) is 0. The lowest BCUT2D eigenvalue weighted by molar-refractivity contribution is 0.101. The van der Waals surface area contributed by atoms with Gasteiger partial charge in [0, 0.05) is 39.3 Å². The summed E-state index contributed by atoms with van der Waals surface area (Å²) in [6.45, 7) is 9.54. The molecule has 0 aromatic carbocycles. The van der Waals surface area contributed by atoms with Crippen LogP contribution in [0.5, 0.6) is 0 Å². The van der Waals surface area contributed by atoms with Gasteiger partial charge in [0.25, 0.3) is 0 Å². The van der Waals surface area contributed by atoms with Gasteiger partial charge >= 0.3 is 0 Å². The van der Waals surface area contributed by atoms with E-state index < -0.39 is 0 Å². The summed E-state index contributed by atoms with van der Waals surface area (Å²) in [4.78, 5) is 4.97. The highest BCUT2D eigenvalue weighted by atomic mass is 16.5. The highest BCUT2D eigenvalue weighted by molar-refractivity contribution is 4.74. The number of ether oxygens (including phenoxy) is 1. The van der Waals surface area contributed by atoms with Crippen LogP contribution in [-0.4, -0.2) is 68.8 Å².